The molecule has 2 aromatic heterocycles. The van der Waals surface area contributed by atoms with E-state index in [0.717, 1.165) is 11.9 Å². The molecule has 6 heteroatoms. The number of furan rings is 1. The summed E-state index contributed by atoms with van der Waals surface area (Å²) in [5, 5.41) is 6.99. The Bertz CT molecular complexity index is 703. The highest BCUT2D eigenvalue weighted by Gasteiger charge is 2.35. The molecule has 3 aliphatic heterocycles. The van der Waals surface area contributed by atoms with Gasteiger partial charge < -0.3 is 20.0 Å². The number of hydrogen-bond acceptors (Lipinski definition) is 5. The van der Waals surface area contributed by atoms with Gasteiger partial charge in [0.15, 0.2) is 5.88 Å². The van der Waals surface area contributed by atoms with Crippen molar-refractivity contribution in [3.8, 4) is 0 Å². The Morgan fingerprint density at radius 2 is 2.18 bits per heavy atom. The van der Waals surface area contributed by atoms with E-state index in [1.54, 1.807) is 19.3 Å². The number of nitrogens with zero attached hydrogens (tertiary/aromatic N) is 2. The van der Waals surface area contributed by atoms with Crippen LogP contribution in [0.2, 0.25) is 0 Å². The number of nitrogens with one attached hydrogen (secondary N) is 2. The van der Waals surface area contributed by atoms with E-state index in [9.17, 15) is 4.79 Å². The molecule has 3 fully saturated rings. The van der Waals surface area contributed by atoms with Gasteiger partial charge >= 0.3 is 0 Å². The number of rotatable bonds is 3. The van der Waals surface area contributed by atoms with Crippen LogP contribution < -0.4 is 10.6 Å². The molecule has 22 heavy (non-hydrogen) atoms. The van der Waals surface area contributed by atoms with Gasteiger partial charge in [0.05, 0.1) is 0 Å². The number of hydrogen-bond donors (Lipinski definition) is 2. The fraction of sp³-hybridized carbons (Fsp3) is 0.500. The highest BCUT2D eigenvalue weighted by molar-refractivity contribution is 5.95. The van der Waals surface area contributed by atoms with Crippen LogP contribution in [0.3, 0.4) is 0 Å². The van der Waals surface area contributed by atoms with Crippen LogP contribution in [0.15, 0.2) is 22.7 Å². The molecule has 1 unspecified atom stereocenters. The first-order chi connectivity index (χ1) is 10.7. The van der Waals surface area contributed by atoms with Crippen molar-refractivity contribution in [1.29, 1.82) is 0 Å². The van der Waals surface area contributed by atoms with E-state index in [1.807, 2.05) is 6.07 Å². The Hall–Kier alpha value is -2.08. The van der Waals surface area contributed by atoms with Gasteiger partial charge in [-0.1, -0.05) is 0 Å². The maximum atomic E-state index is 12.5. The topological polar surface area (TPSA) is 70.4 Å². The minimum atomic E-state index is -0.108. The number of carbonyl (C=O) groups is 1. The van der Waals surface area contributed by atoms with Gasteiger partial charge in [0, 0.05) is 43.4 Å². The number of pyridine rings is 1. The molecule has 0 aliphatic carbocycles. The molecule has 6 nitrogen and oxygen atoms in total. The van der Waals surface area contributed by atoms with Gasteiger partial charge in [-0.25, -0.2) is 0 Å². The second-order valence-electron chi connectivity index (χ2n) is 6.19. The van der Waals surface area contributed by atoms with E-state index >= 15 is 0 Å². The summed E-state index contributed by atoms with van der Waals surface area (Å²) in [6, 6.07) is 3.83. The number of piperidine rings is 3. The van der Waals surface area contributed by atoms with Crippen molar-refractivity contribution < 1.29 is 9.21 Å². The smallest absolute Gasteiger partial charge is 0.270 e. The van der Waals surface area contributed by atoms with Crippen LogP contribution in [0, 0.1) is 5.92 Å². The lowest BCUT2D eigenvalue weighted by atomic mass is 9.84. The fourth-order valence-corrected chi connectivity index (χ4v) is 3.55. The average molecular weight is 300 g/mol. The van der Waals surface area contributed by atoms with Crippen LogP contribution in [0.1, 0.15) is 23.3 Å². The summed E-state index contributed by atoms with van der Waals surface area (Å²) in [7, 11) is 1.80. The van der Waals surface area contributed by atoms with Crippen molar-refractivity contribution >= 4 is 22.8 Å². The van der Waals surface area contributed by atoms with E-state index in [-0.39, 0.29) is 11.9 Å². The highest BCUT2D eigenvalue weighted by Crippen LogP contribution is 2.28. The van der Waals surface area contributed by atoms with Crippen molar-refractivity contribution in [2.24, 2.45) is 5.92 Å². The van der Waals surface area contributed by atoms with E-state index < -0.39 is 0 Å². The summed E-state index contributed by atoms with van der Waals surface area (Å²) in [6.07, 6.45) is 4.05. The van der Waals surface area contributed by atoms with Gasteiger partial charge in [-0.05, 0) is 31.8 Å². The normalized spacial score (nSPS) is 27.0. The molecule has 116 valence electrons. The van der Waals surface area contributed by atoms with Gasteiger partial charge in [0.2, 0.25) is 0 Å². The zero-order valence-electron chi connectivity index (χ0n) is 12.6. The van der Waals surface area contributed by atoms with Crippen molar-refractivity contribution in [1.82, 2.24) is 15.2 Å². The largest absolute Gasteiger partial charge is 0.441 e. The molecule has 3 aliphatic rings. The van der Waals surface area contributed by atoms with Crippen LogP contribution in [0.4, 0.5) is 5.88 Å². The lowest BCUT2D eigenvalue weighted by molar-refractivity contribution is 0.0618. The summed E-state index contributed by atoms with van der Waals surface area (Å²) >= 11 is 0. The van der Waals surface area contributed by atoms with Crippen LogP contribution >= 0.6 is 0 Å². The molecule has 1 amide bonds. The first-order valence-electron chi connectivity index (χ1n) is 7.83. The number of amides is 1. The van der Waals surface area contributed by atoms with Crippen molar-refractivity contribution in [3.63, 3.8) is 0 Å². The summed E-state index contributed by atoms with van der Waals surface area (Å²) in [5.74, 6) is 1.17. The maximum absolute atomic E-state index is 12.5. The van der Waals surface area contributed by atoms with Crippen LogP contribution in [-0.4, -0.2) is 48.5 Å². The third-order valence-electron chi connectivity index (χ3n) is 4.85. The maximum Gasteiger partial charge on any atom is 0.270 e. The Morgan fingerprint density at radius 3 is 2.86 bits per heavy atom. The molecule has 1 atom stereocenters. The van der Waals surface area contributed by atoms with Crippen molar-refractivity contribution in [3.05, 3.63) is 24.0 Å². The second-order valence-corrected chi connectivity index (χ2v) is 6.19. The zero-order chi connectivity index (χ0) is 15.1. The van der Waals surface area contributed by atoms with Crippen LogP contribution in [0.25, 0.3) is 11.0 Å². The molecular formula is C16H20N4O2. The van der Waals surface area contributed by atoms with E-state index in [4.69, 9.17) is 4.42 Å². The molecule has 3 saturated heterocycles. The molecule has 0 spiro atoms. The summed E-state index contributed by atoms with van der Waals surface area (Å²) < 4.78 is 5.61. The monoisotopic (exact) mass is 300 g/mol. The van der Waals surface area contributed by atoms with Crippen molar-refractivity contribution in [2.45, 2.75) is 18.9 Å². The molecular weight excluding hydrogens is 280 g/mol. The SMILES string of the molecule is CNc1cc2cnc(C(=O)NC3CN4CCC3CC4)cc2o1. The molecule has 0 radical (unpaired) electrons. The molecule has 2 bridgehead atoms. The predicted octanol–water partition coefficient (Wildman–Crippen LogP) is 1.69. The third-order valence-corrected chi connectivity index (χ3v) is 4.85. The molecule has 0 saturated carbocycles. The first-order valence-corrected chi connectivity index (χ1v) is 7.83. The number of anilines is 1. The van der Waals surface area contributed by atoms with E-state index in [1.165, 1.54) is 25.9 Å². The number of aromatic nitrogens is 1. The highest BCUT2D eigenvalue weighted by atomic mass is 16.3. The number of fused-ring (bicyclic) bond motifs is 4. The molecule has 5 rings (SSSR count). The average Bonchev–Trinajstić information content (AvgIpc) is 2.98. The number of carbonyl (C=O) groups excluding carboxylic acids is 1. The van der Waals surface area contributed by atoms with Crippen LogP contribution in [-0.2, 0) is 0 Å². The third kappa shape index (κ3) is 2.33. The van der Waals surface area contributed by atoms with Crippen LogP contribution in [0.5, 0.6) is 0 Å². The Morgan fingerprint density at radius 1 is 1.36 bits per heavy atom. The minimum Gasteiger partial charge on any atom is -0.441 e. The minimum absolute atomic E-state index is 0.108. The predicted molar refractivity (Wildman–Crippen MR) is 84.0 cm³/mol. The molecule has 5 heterocycles. The Balaban J connectivity index is 1.52. The molecule has 2 N–H and O–H groups in total. The second kappa shape index (κ2) is 5.28. The molecule has 2 aromatic rings. The lowest BCUT2D eigenvalue weighted by Crippen LogP contribution is -2.57. The van der Waals surface area contributed by atoms with Gasteiger partial charge in [0.25, 0.3) is 5.91 Å². The quantitative estimate of drug-likeness (QED) is 0.903. The van der Waals surface area contributed by atoms with E-state index in [0.29, 0.717) is 23.1 Å². The van der Waals surface area contributed by atoms with Crippen molar-refractivity contribution in [2.75, 3.05) is 32.0 Å². The summed E-state index contributed by atoms with van der Waals surface area (Å²) in [5.41, 5.74) is 1.10. The standard InChI is InChI=1S/C16H20N4O2/c1-17-15-6-11-8-18-12(7-14(11)22-15)16(21)19-13-9-20-4-2-10(13)3-5-20/h6-8,10,13,17H,2-5,9H2,1H3,(H,19,21). The lowest BCUT2D eigenvalue weighted by Gasteiger charge is -2.44. The molecule has 0 aromatic carbocycles. The Kier molecular flexibility index (Phi) is 3.26. The van der Waals surface area contributed by atoms with Gasteiger partial charge in [-0.3, -0.25) is 9.78 Å². The fourth-order valence-electron chi connectivity index (χ4n) is 3.55. The van der Waals surface area contributed by atoms with Gasteiger partial charge in [0.1, 0.15) is 11.3 Å². The zero-order valence-corrected chi connectivity index (χ0v) is 12.6. The van der Waals surface area contributed by atoms with Gasteiger partial charge in [-0.15, -0.1) is 0 Å². The van der Waals surface area contributed by atoms with E-state index in [2.05, 4.69) is 20.5 Å². The van der Waals surface area contributed by atoms with Gasteiger partial charge in [-0.2, -0.15) is 0 Å². The Labute approximate surface area is 128 Å². The summed E-state index contributed by atoms with van der Waals surface area (Å²) in [4.78, 5) is 19.2. The summed E-state index contributed by atoms with van der Waals surface area (Å²) in [6.45, 7) is 3.30. The first kappa shape index (κ1) is 13.6.